The quantitative estimate of drug-likeness (QED) is 0.0559. The summed E-state index contributed by atoms with van der Waals surface area (Å²) in [6.07, 6.45) is 14.5. The lowest BCUT2D eigenvalue weighted by Crippen LogP contribution is -2.45. The molecule has 3 aromatic rings. The van der Waals surface area contributed by atoms with Crippen LogP contribution < -0.4 is 20.5 Å². The number of hydrogen-bond acceptors (Lipinski definition) is 10. The second kappa shape index (κ2) is 18.4. The fourth-order valence-electron chi connectivity index (χ4n) is 7.79. The van der Waals surface area contributed by atoms with Gasteiger partial charge in [-0.25, -0.2) is 0 Å². The fourth-order valence-corrected chi connectivity index (χ4v) is 7.79. The minimum Gasteiger partial charge on any atom is -0.504 e. The van der Waals surface area contributed by atoms with Gasteiger partial charge in [-0.05, 0) is 92.0 Å². The first-order chi connectivity index (χ1) is 25.7. The van der Waals surface area contributed by atoms with E-state index in [1.807, 2.05) is 24.3 Å². The van der Waals surface area contributed by atoms with E-state index in [1.165, 1.54) is 32.3 Å². The SMILES string of the molecule is CC(=O)OC1CC(CCc2ccc(O)c(OC3CCCC(NC(N)=NC4CCCCC4)C3)c2)OC(c2cc(O)c(O)c(OCCc3cccnc3)c2)C1. The Morgan fingerprint density at radius 1 is 0.925 bits per heavy atom. The number of carbonyl (C=O) groups is 1. The van der Waals surface area contributed by atoms with Crippen LogP contribution in [0.4, 0.5) is 0 Å². The first-order valence-corrected chi connectivity index (χ1v) is 19.2. The number of rotatable bonds is 13. The zero-order chi connectivity index (χ0) is 37.2. The third-order valence-corrected chi connectivity index (χ3v) is 10.5. The number of aromatic hydroxyl groups is 3. The van der Waals surface area contributed by atoms with E-state index in [0.29, 0.717) is 55.4 Å². The number of phenols is 3. The van der Waals surface area contributed by atoms with Gasteiger partial charge < -0.3 is 45.3 Å². The molecule has 2 saturated carbocycles. The first-order valence-electron chi connectivity index (χ1n) is 19.2. The summed E-state index contributed by atoms with van der Waals surface area (Å²) in [7, 11) is 0. The van der Waals surface area contributed by atoms with Crippen molar-refractivity contribution in [2.24, 2.45) is 10.7 Å². The molecule has 2 aliphatic carbocycles. The predicted octanol–water partition coefficient (Wildman–Crippen LogP) is 6.53. The molecule has 53 heavy (non-hydrogen) atoms. The Morgan fingerprint density at radius 3 is 2.57 bits per heavy atom. The molecular weight excluding hydrogens is 676 g/mol. The molecule has 1 aliphatic heterocycles. The molecule has 286 valence electrons. The minimum atomic E-state index is -0.515. The smallest absolute Gasteiger partial charge is 0.302 e. The van der Waals surface area contributed by atoms with Crippen LogP contribution in [0, 0.1) is 0 Å². The number of pyridine rings is 1. The number of esters is 1. The molecule has 1 saturated heterocycles. The Bertz CT molecular complexity index is 1680. The Morgan fingerprint density at radius 2 is 1.77 bits per heavy atom. The number of aromatic nitrogens is 1. The number of hydrogen-bond donors (Lipinski definition) is 5. The molecule has 0 spiro atoms. The van der Waals surface area contributed by atoms with E-state index in [-0.39, 0.29) is 53.8 Å². The molecule has 5 atom stereocenters. The topological polar surface area (TPSA) is 178 Å². The van der Waals surface area contributed by atoms with E-state index in [2.05, 4.69) is 10.3 Å². The molecule has 12 nitrogen and oxygen atoms in total. The lowest BCUT2D eigenvalue weighted by Gasteiger charge is -2.35. The number of ether oxygens (including phenoxy) is 4. The van der Waals surface area contributed by atoms with Gasteiger partial charge in [0.15, 0.2) is 29.0 Å². The standard InChI is InChI=1S/C41H54N4O8/c1-26(46)51-34-23-33(52-37(24-34)29-20-36(48)40(49)39(21-29)50-18-16-28-7-6-17-43-25-28)14-12-27-13-15-35(47)38(19-27)53-32-11-5-10-31(22-32)45-41(42)44-30-8-3-2-4-9-30/h6-7,13,15,17,19-21,25,30-34,37,47-49H,2-5,8-12,14,16,18,22-24H2,1H3,(H3,42,44,45). The van der Waals surface area contributed by atoms with E-state index < -0.39 is 12.2 Å². The largest absolute Gasteiger partial charge is 0.504 e. The number of benzene rings is 2. The molecule has 0 amide bonds. The number of nitrogens with one attached hydrogen (secondary N) is 1. The molecule has 1 aromatic heterocycles. The van der Waals surface area contributed by atoms with Crippen LogP contribution in [0.1, 0.15) is 107 Å². The zero-order valence-electron chi connectivity index (χ0n) is 30.6. The molecule has 12 heteroatoms. The van der Waals surface area contributed by atoms with Gasteiger partial charge in [0.2, 0.25) is 5.75 Å². The van der Waals surface area contributed by atoms with E-state index >= 15 is 0 Å². The summed E-state index contributed by atoms with van der Waals surface area (Å²) in [5, 5.41) is 35.3. The second-order valence-electron chi connectivity index (χ2n) is 14.7. The number of phenolic OH excluding ortho intramolecular Hbond substituents is 3. The van der Waals surface area contributed by atoms with Gasteiger partial charge >= 0.3 is 5.97 Å². The van der Waals surface area contributed by atoms with E-state index in [9.17, 15) is 20.1 Å². The molecule has 0 radical (unpaired) electrons. The summed E-state index contributed by atoms with van der Waals surface area (Å²) in [4.78, 5) is 20.9. The third-order valence-electron chi connectivity index (χ3n) is 10.5. The maximum absolute atomic E-state index is 12.0. The van der Waals surface area contributed by atoms with Crippen LogP contribution in [0.15, 0.2) is 59.9 Å². The van der Waals surface area contributed by atoms with Crippen molar-refractivity contribution in [1.29, 1.82) is 0 Å². The monoisotopic (exact) mass is 730 g/mol. The van der Waals surface area contributed by atoms with Gasteiger partial charge in [-0.15, -0.1) is 0 Å². The Balaban J connectivity index is 1.07. The Labute approximate surface area is 311 Å². The molecule has 6 rings (SSSR count). The van der Waals surface area contributed by atoms with E-state index in [1.54, 1.807) is 24.5 Å². The van der Waals surface area contributed by atoms with Gasteiger partial charge in [0, 0.05) is 51.0 Å². The molecular formula is C41H54N4O8. The normalized spacial score (nSPS) is 23.9. The van der Waals surface area contributed by atoms with Crippen molar-refractivity contribution in [1.82, 2.24) is 10.3 Å². The van der Waals surface area contributed by atoms with Gasteiger partial charge in [0.05, 0.1) is 24.9 Å². The van der Waals surface area contributed by atoms with Crippen molar-refractivity contribution in [3.05, 3.63) is 71.5 Å². The predicted molar refractivity (Wildman–Crippen MR) is 200 cm³/mol. The molecule has 3 aliphatic rings. The van der Waals surface area contributed by atoms with Crippen molar-refractivity contribution in [2.45, 2.75) is 133 Å². The van der Waals surface area contributed by atoms with Crippen molar-refractivity contribution < 1.29 is 39.1 Å². The summed E-state index contributed by atoms with van der Waals surface area (Å²) < 4.78 is 24.5. The number of nitrogens with zero attached hydrogens (tertiary/aromatic N) is 2. The first kappa shape index (κ1) is 38.0. The van der Waals surface area contributed by atoms with E-state index in [0.717, 1.165) is 49.7 Å². The Hall–Kier alpha value is -4.71. The summed E-state index contributed by atoms with van der Waals surface area (Å²) in [5.74, 6) is 0.171. The molecule has 0 bridgehead atoms. The minimum absolute atomic E-state index is 0.0669. The van der Waals surface area contributed by atoms with Crippen LogP contribution >= 0.6 is 0 Å². The fraction of sp³-hybridized carbons (Fsp3) is 0.537. The highest BCUT2D eigenvalue weighted by molar-refractivity contribution is 5.78. The van der Waals surface area contributed by atoms with Crippen molar-refractivity contribution >= 4 is 11.9 Å². The maximum Gasteiger partial charge on any atom is 0.302 e. The van der Waals surface area contributed by atoms with Gasteiger partial charge in [0.25, 0.3) is 0 Å². The third kappa shape index (κ3) is 11.1. The van der Waals surface area contributed by atoms with E-state index in [4.69, 9.17) is 29.7 Å². The molecule has 2 heterocycles. The zero-order valence-corrected chi connectivity index (χ0v) is 30.6. The van der Waals surface area contributed by atoms with Gasteiger partial charge in [-0.2, -0.15) is 0 Å². The number of carbonyl (C=O) groups excluding carboxylic acids is 1. The average molecular weight is 731 g/mol. The van der Waals surface area contributed by atoms with Gasteiger partial charge in [0.1, 0.15) is 12.2 Å². The molecule has 5 unspecified atom stereocenters. The lowest BCUT2D eigenvalue weighted by molar-refractivity contribution is -0.160. The van der Waals surface area contributed by atoms with Crippen LogP contribution in [0.2, 0.25) is 0 Å². The number of nitrogens with two attached hydrogens (primary N) is 1. The highest BCUT2D eigenvalue weighted by Crippen LogP contribution is 2.43. The second-order valence-corrected chi connectivity index (χ2v) is 14.7. The lowest BCUT2D eigenvalue weighted by atomic mass is 9.92. The van der Waals surface area contributed by atoms with Crippen LogP contribution in [0.5, 0.6) is 28.7 Å². The maximum atomic E-state index is 12.0. The van der Waals surface area contributed by atoms with Crippen molar-refractivity contribution in [3.8, 4) is 28.7 Å². The molecule has 3 fully saturated rings. The summed E-state index contributed by atoms with van der Waals surface area (Å²) >= 11 is 0. The number of aliphatic imine (C=N–C) groups is 1. The Kier molecular flexibility index (Phi) is 13.2. The summed E-state index contributed by atoms with van der Waals surface area (Å²) in [5.41, 5.74) is 8.87. The summed E-state index contributed by atoms with van der Waals surface area (Å²) in [6.45, 7) is 1.66. The van der Waals surface area contributed by atoms with Crippen LogP contribution in [-0.2, 0) is 27.1 Å². The van der Waals surface area contributed by atoms with Crippen LogP contribution in [0.3, 0.4) is 0 Å². The summed E-state index contributed by atoms with van der Waals surface area (Å²) in [6, 6.07) is 12.8. The van der Waals surface area contributed by atoms with Crippen LogP contribution in [0.25, 0.3) is 0 Å². The van der Waals surface area contributed by atoms with Crippen molar-refractivity contribution in [2.75, 3.05) is 6.61 Å². The number of guanidine groups is 1. The molecule has 6 N–H and O–H groups in total. The highest BCUT2D eigenvalue weighted by Gasteiger charge is 2.33. The van der Waals surface area contributed by atoms with Gasteiger partial charge in [-0.1, -0.05) is 31.4 Å². The van der Waals surface area contributed by atoms with Gasteiger partial charge in [-0.3, -0.25) is 14.8 Å². The average Bonchev–Trinajstić information content (AvgIpc) is 3.14. The highest BCUT2D eigenvalue weighted by atomic mass is 16.6. The van der Waals surface area contributed by atoms with Crippen LogP contribution in [-0.4, -0.2) is 69.2 Å². The molecule has 2 aromatic carbocycles. The van der Waals surface area contributed by atoms with Crippen molar-refractivity contribution in [3.63, 3.8) is 0 Å². The number of aryl methyl sites for hydroxylation is 1.